The van der Waals surface area contributed by atoms with Crippen LogP contribution < -0.4 is 5.73 Å². The van der Waals surface area contributed by atoms with Crippen molar-refractivity contribution in [2.45, 2.75) is 38.8 Å². The van der Waals surface area contributed by atoms with Gasteiger partial charge < -0.3 is 5.73 Å². The highest BCUT2D eigenvalue weighted by atomic mass is 15.2. The molecular formula is C14H23N3. The molecule has 0 bridgehead atoms. The van der Waals surface area contributed by atoms with Crippen LogP contribution in [0.4, 0.5) is 0 Å². The summed E-state index contributed by atoms with van der Waals surface area (Å²) in [7, 11) is 0. The van der Waals surface area contributed by atoms with E-state index in [1.165, 1.54) is 5.69 Å². The third-order valence-corrected chi connectivity index (χ3v) is 4.14. The van der Waals surface area contributed by atoms with Crippen molar-refractivity contribution < 1.29 is 0 Å². The predicted octanol–water partition coefficient (Wildman–Crippen LogP) is 1.68. The van der Waals surface area contributed by atoms with Crippen LogP contribution in [0.2, 0.25) is 0 Å². The molecule has 1 aromatic rings. The first-order valence-corrected chi connectivity index (χ1v) is 6.58. The van der Waals surface area contributed by atoms with Crippen molar-refractivity contribution in [3.8, 4) is 0 Å². The fourth-order valence-electron chi connectivity index (χ4n) is 2.59. The van der Waals surface area contributed by atoms with Crippen LogP contribution in [-0.2, 0) is 6.42 Å². The second-order valence-electron chi connectivity index (χ2n) is 5.16. The summed E-state index contributed by atoms with van der Waals surface area (Å²) in [5.41, 5.74) is 7.28. The van der Waals surface area contributed by atoms with Gasteiger partial charge in [-0.3, -0.25) is 9.88 Å². The van der Waals surface area contributed by atoms with E-state index in [0.717, 1.165) is 25.9 Å². The molecule has 94 valence electrons. The number of likely N-dealkylation sites (tertiary alicyclic amines) is 1. The molecule has 2 rings (SSSR count). The first-order chi connectivity index (χ1) is 8.18. The number of nitrogens with zero attached hydrogens (tertiary/aromatic N) is 2. The average molecular weight is 233 g/mol. The lowest BCUT2D eigenvalue weighted by molar-refractivity contribution is 0.0990. The third kappa shape index (κ3) is 3.05. The molecule has 1 saturated heterocycles. The Balaban J connectivity index is 1.87. The van der Waals surface area contributed by atoms with Gasteiger partial charge in [-0.25, -0.2) is 0 Å². The molecule has 0 spiro atoms. The molecule has 0 saturated carbocycles. The zero-order chi connectivity index (χ0) is 12.3. The number of piperidine rings is 1. The van der Waals surface area contributed by atoms with Crippen LogP contribution in [0.5, 0.6) is 0 Å². The molecule has 3 atom stereocenters. The van der Waals surface area contributed by atoms with Crippen molar-refractivity contribution in [3.05, 3.63) is 30.1 Å². The molecule has 1 aliphatic rings. The van der Waals surface area contributed by atoms with Crippen LogP contribution in [-0.4, -0.2) is 35.1 Å². The van der Waals surface area contributed by atoms with E-state index in [4.69, 9.17) is 5.73 Å². The van der Waals surface area contributed by atoms with Crippen LogP contribution >= 0.6 is 0 Å². The standard InChI is InChI=1S/C14H23N3/c1-11-12(2)17(10-7-14(11)15)9-6-13-5-3-4-8-16-13/h3-5,8,11-12,14H,6-7,9-10,15H2,1-2H3. The van der Waals surface area contributed by atoms with Crippen LogP contribution in [0.1, 0.15) is 26.0 Å². The van der Waals surface area contributed by atoms with Gasteiger partial charge >= 0.3 is 0 Å². The number of aromatic nitrogens is 1. The Morgan fingerprint density at radius 1 is 1.41 bits per heavy atom. The lowest BCUT2D eigenvalue weighted by Crippen LogP contribution is -2.52. The van der Waals surface area contributed by atoms with E-state index in [-0.39, 0.29) is 0 Å². The molecule has 1 aromatic heterocycles. The van der Waals surface area contributed by atoms with E-state index >= 15 is 0 Å². The summed E-state index contributed by atoms with van der Waals surface area (Å²) in [6, 6.07) is 7.08. The second kappa shape index (κ2) is 5.61. The molecule has 3 heteroatoms. The SMILES string of the molecule is CC1C(N)CCN(CCc2ccccn2)C1C. The Morgan fingerprint density at radius 3 is 2.94 bits per heavy atom. The van der Waals surface area contributed by atoms with Gasteiger partial charge in [0.25, 0.3) is 0 Å². The summed E-state index contributed by atoms with van der Waals surface area (Å²) in [5.74, 6) is 0.590. The molecular weight excluding hydrogens is 210 g/mol. The van der Waals surface area contributed by atoms with E-state index in [0.29, 0.717) is 18.0 Å². The molecule has 0 radical (unpaired) electrons. The zero-order valence-electron chi connectivity index (χ0n) is 10.8. The van der Waals surface area contributed by atoms with Crippen LogP contribution in [0.3, 0.4) is 0 Å². The van der Waals surface area contributed by atoms with Gasteiger partial charge in [0, 0.05) is 36.9 Å². The van der Waals surface area contributed by atoms with E-state index < -0.39 is 0 Å². The Morgan fingerprint density at radius 2 is 2.24 bits per heavy atom. The number of nitrogens with two attached hydrogens (primary N) is 1. The van der Waals surface area contributed by atoms with Gasteiger partial charge in [0.15, 0.2) is 0 Å². The second-order valence-corrected chi connectivity index (χ2v) is 5.16. The van der Waals surface area contributed by atoms with E-state index in [1.807, 2.05) is 12.3 Å². The number of hydrogen-bond acceptors (Lipinski definition) is 3. The molecule has 0 amide bonds. The topological polar surface area (TPSA) is 42.1 Å². The molecule has 0 aliphatic carbocycles. The lowest BCUT2D eigenvalue weighted by atomic mass is 9.87. The maximum absolute atomic E-state index is 6.10. The van der Waals surface area contributed by atoms with Crippen molar-refractivity contribution in [1.29, 1.82) is 0 Å². The first-order valence-electron chi connectivity index (χ1n) is 6.58. The monoisotopic (exact) mass is 233 g/mol. The Bertz CT molecular complexity index is 339. The highest BCUT2D eigenvalue weighted by Crippen LogP contribution is 2.22. The molecule has 3 unspecified atom stereocenters. The molecule has 1 fully saturated rings. The maximum Gasteiger partial charge on any atom is 0.0416 e. The lowest BCUT2D eigenvalue weighted by Gasteiger charge is -2.41. The zero-order valence-corrected chi connectivity index (χ0v) is 10.8. The molecule has 1 aliphatic heterocycles. The van der Waals surface area contributed by atoms with E-state index in [9.17, 15) is 0 Å². The number of hydrogen-bond donors (Lipinski definition) is 1. The predicted molar refractivity (Wildman–Crippen MR) is 70.7 cm³/mol. The average Bonchev–Trinajstić information content (AvgIpc) is 2.36. The van der Waals surface area contributed by atoms with Gasteiger partial charge in [0.05, 0.1) is 0 Å². The Hall–Kier alpha value is -0.930. The Labute approximate surface area is 104 Å². The summed E-state index contributed by atoms with van der Waals surface area (Å²) in [5, 5.41) is 0. The number of pyridine rings is 1. The highest BCUT2D eigenvalue weighted by molar-refractivity contribution is 5.04. The Kier molecular flexibility index (Phi) is 4.13. The fourth-order valence-corrected chi connectivity index (χ4v) is 2.59. The fraction of sp³-hybridized carbons (Fsp3) is 0.643. The quantitative estimate of drug-likeness (QED) is 0.863. The molecule has 17 heavy (non-hydrogen) atoms. The number of rotatable bonds is 3. The first kappa shape index (κ1) is 12.5. The van der Waals surface area contributed by atoms with Crippen LogP contribution in [0, 0.1) is 5.92 Å². The largest absolute Gasteiger partial charge is 0.327 e. The molecule has 2 heterocycles. The molecule has 2 N–H and O–H groups in total. The minimum absolute atomic E-state index is 0.371. The highest BCUT2D eigenvalue weighted by Gasteiger charge is 2.29. The summed E-state index contributed by atoms with van der Waals surface area (Å²) in [4.78, 5) is 6.92. The van der Waals surface area contributed by atoms with Gasteiger partial charge in [-0.2, -0.15) is 0 Å². The van der Waals surface area contributed by atoms with E-state index in [2.05, 4.69) is 35.9 Å². The molecule has 3 nitrogen and oxygen atoms in total. The van der Waals surface area contributed by atoms with Gasteiger partial charge in [-0.15, -0.1) is 0 Å². The smallest absolute Gasteiger partial charge is 0.0416 e. The maximum atomic E-state index is 6.10. The summed E-state index contributed by atoms with van der Waals surface area (Å²) >= 11 is 0. The summed E-state index contributed by atoms with van der Waals surface area (Å²) in [6.45, 7) is 6.78. The van der Waals surface area contributed by atoms with Gasteiger partial charge in [-0.05, 0) is 37.9 Å². The summed E-state index contributed by atoms with van der Waals surface area (Å²) in [6.07, 6.45) is 4.02. The normalized spacial score (nSPS) is 30.4. The summed E-state index contributed by atoms with van der Waals surface area (Å²) < 4.78 is 0. The molecule has 0 aromatic carbocycles. The van der Waals surface area contributed by atoms with Crippen LogP contribution in [0.15, 0.2) is 24.4 Å². The van der Waals surface area contributed by atoms with Gasteiger partial charge in [0.1, 0.15) is 0 Å². The van der Waals surface area contributed by atoms with Gasteiger partial charge in [0.2, 0.25) is 0 Å². The van der Waals surface area contributed by atoms with Crippen LogP contribution in [0.25, 0.3) is 0 Å². The van der Waals surface area contributed by atoms with Crippen molar-refractivity contribution in [1.82, 2.24) is 9.88 Å². The minimum Gasteiger partial charge on any atom is -0.327 e. The van der Waals surface area contributed by atoms with Gasteiger partial charge in [-0.1, -0.05) is 13.0 Å². The third-order valence-electron chi connectivity index (χ3n) is 4.14. The minimum atomic E-state index is 0.371. The van der Waals surface area contributed by atoms with Crippen molar-refractivity contribution in [3.63, 3.8) is 0 Å². The van der Waals surface area contributed by atoms with Crippen molar-refractivity contribution >= 4 is 0 Å². The van der Waals surface area contributed by atoms with Crippen molar-refractivity contribution in [2.24, 2.45) is 11.7 Å². The van der Waals surface area contributed by atoms with E-state index in [1.54, 1.807) is 0 Å². The van der Waals surface area contributed by atoms with Crippen molar-refractivity contribution in [2.75, 3.05) is 13.1 Å².